The van der Waals surface area contributed by atoms with Gasteiger partial charge in [-0.15, -0.1) is 0 Å². The first kappa shape index (κ1) is 168. The van der Waals surface area contributed by atoms with Crippen LogP contribution >= 0.6 is 0 Å². The number of carbonyl (C=O) groups is 2. The number of rotatable bonds is 6. The fourth-order valence-corrected chi connectivity index (χ4v) is 6.17. The minimum Gasteiger partial charge on any atom is -2.00 e. The fraction of sp³-hybridized carbons (Fsp3) is 0. The van der Waals surface area contributed by atoms with E-state index in [2.05, 4.69) is 59.8 Å². The molecular formula is C62H50N22Ni2O42U4-22. The Morgan fingerprint density at radius 1 is 0.159 bits per heavy atom. The van der Waals surface area contributed by atoms with Gasteiger partial charge in [-0.3, -0.25) is 59.8 Å². The van der Waals surface area contributed by atoms with Crippen LogP contribution in [0.3, 0.4) is 0 Å². The Bertz CT molecular complexity index is 3550. The maximum absolute atomic E-state index is 8.25. The number of carbonyl (C=O) groups excluding carboxylic acids is 2. The molecule has 12 aromatic rings. The zero-order chi connectivity index (χ0) is 90.5. The third-order valence-electron chi connectivity index (χ3n) is 9.55. The number of nitrogens with zero attached hydrogens (tertiary/aromatic N) is 22. The molecule has 0 atom stereocenters. The zero-order valence-corrected chi connectivity index (χ0v) is 83.1. The minimum atomic E-state index is -1.75. The maximum atomic E-state index is 8.25. The first-order chi connectivity index (χ1) is 55.9. The topological polar surface area (TPSA) is 1120 Å². The van der Waals surface area contributed by atoms with Crippen molar-refractivity contribution >= 4 is 12.9 Å². The van der Waals surface area contributed by atoms with Crippen LogP contribution in [-0.4, -0.2) is 124 Å². The molecular weight excluding hydrogens is 2790 g/mol. The molecule has 0 saturated heterocycles. The summed E-state index contributed by atoms with van der Waals surface area (Å²) in [4.78, 5) is 149. The Balaban J connectivity index is -0.0000000570. The summed E-state index contributed by atoms with van der Waals surface area (Å²) >= 11 is 0. The van der Waals surface area contributed by atoms with Crippen molar-refractivity contribution in [3.8, 4) is 68.3 Å². The Labute approximate surface area is 851 Å². The Morgan fingerprint density at radius 2 is 0.205 bits per heavy atom. The average Bonchev–Trinajstić information content (AvgIpc) is 0.924. The van der Waals surface area contributed by atoms with E-state index in [0.717, 1.165) is 68.3 Å². The van der Waals surface area contributed by atoms with Gasteiger partial charge in [0, 0.05) is 212 Å². The number of pyridine rings is 12. The van der Waals surface area contributed by atoms with E-state index in [0.29, 0.717) is 0 Å². The van der Waals surface area contributed by atoms with Crippen LogP contribution in [0.5, 0.6) is 0 Å². The van der Waals surface area contributed by atoms with Gasteiger partial charge < -0.3 is 217 Å². The van der Waals surface area contributed by atoms with Crippen LogP contribution in [-0.2, 0) is 86.4 Å². The van der Waals surface area contributed by atoms with Crippen molar-refractivity contribution in [1.29, 1.82) is 0 Å². The van der Waals surface area contributed by atoms with Crippen molar-refractivity contribution in [2.45, 2.75) is 0 Å². The van der Waals surface area contributed by atoms with Gasteiger partial charge in [-0.25, -0.2) is 0 Å². The fourth-order valence-electron chi connectivity index (χ4n) is 6.17. The normalized spacial score (nSPS) is 7.27. The summed E-state index contributed by atoms with van der Waals surface area (Å²) in [6.45, 7) is -1.00. The second kappa shape index (κ2) is 121. The van der Waals surface area contributed by atoms with Gasteiger partial charge in [-0.2, -0.15) is 0 Å². The maximum Gasteiger partial charge on any atom is 3.00 e. The summed E-state index contributed by atoms with van der Waals surface area (Å²) in [5.41, 5.74) is 11.0. The van der Waals surface area contributed by atoms with Gasteiger partial charge in [-0.05, 0) is 146 Å². The smallest absolute Gasteiger partial charge is 2.00 e. The summed E-state index contributed by atoms with van der Waals surface area (Å²) < 4.78 is 0. The van der Waals surface area contributed by atoms with Crippen LogP contribution in [0.1, 0.15) is 0 Å². The molecule has 12 heterocycles. The van der Waals surface area contributed by atoms with Crippen molar-refractivity contribution in [2.24, 2.45) is 0 Å². The van der Waals surface area contributed by atoms with E-state index in [1.807, 2.05) is 218 Å². The number of aromatic nitrogens is 12. The van der Waals surface area contributed by atoms with Crippen molar-refractivity contribution in [3.63, 3.8) is 0 Å². The molecule has 0 spiro atoms. The summed E-state index contributed by atoms with van der Waals surface area (Å²) in [6, 6.07) is 69.6. The van der Waals surface area contributed by atoms with Crippen LogP contribution in [0.15, 0.2) is 293 Å². The summed E-state index contributed by atoms with van der Waals surface area (Å²) in [7, 11) is 0. The first-order valence-electron chi connectivity index (χ1n) is 29.2. The van der Waals surface area contributed by atoms with E-state index in [1.165, 1.54) is 0 Å². The number of hydrogen-bond acceptors (Lipinski definition) is 46. The molecule has 0 bridgehead atoms. The largest absolute Gasteiger partial charge is 3.00 e. The van der Waals surface area contributed by atoms with Gasteiger partial charge >= 0.3 is 33.0 Å². The third kappa shape index (κ3) is 136. The van der Waals surface area contributed by atoms with Gasteiger partial charge in [0.25, 0.3) is 0 Å². The zero-order valence-electron chi connectivity index (χ0n) is 64.5. The number of hydrogen-bond donors (Lipinski definition) is 0. The quantitative estimate of drug-likeness (QED) is 0.0768. The van der Waals surface area contributed by atoms with E-state index < -0.39 is 63.8 Å². The van der Waals surface area contributed by atoms with E-state index in [-0.39, 0.29) is 201 Å². The van der Waals surface area contributed by atoms with Gasteiger partial charge in [0.15, 0.2) is 0 Å². The SMILES string of the molecule is O=C[O-].O=C[O-].O=[N+]([O-])[O-].O=[N+]([O-])[O-].O=[N+]([O-])[O-].O=[N+]([O-])[O-].O=[N+]([O-])[O-].O=[N+]([O-])[O-].O=[N+]([O-])[O-].O=[N+]([O-])[O-].O=[N+]([O-])[O-].O=[N+]([O-])[O-].[Ni+3].[Ni+3].[O-2].[O-2].[O-2].[O-2].[O-2].[O-2].[O-2].[O-2].[U].[U].[U].[U].c1ccc(-c2ccccn2)nc1.c1ccc(-c2ccccn2)nc1.c1ccc(-c2ccccn2)nc1.c1ccc(-c2ccccn2)nc1.c1ccc(-c2ccccn2)nc1.c1ccc(-c2ccccn2)nc1. The molecule has 70 heteroatoms. The average molecular weight is 2840 g/mol. The standard InChI is InChI=1S/6C10H8N2.2CH2O2.10NO3.2Ni.8O.4U/c6*1-3-7-11-9(5-1)10-6-2-4-8-12-10;2*2-1-3;10*2-1(3)4;;;;;;;;;;;;;;/h6*1-8H;2*1H,(H,2,3);;;;;;;;;;;;;;;;;;;;;;;;/q;;;;;;;;10*-1;2*+3;8*-2;;;;/p-2. The summed E-state index contributed by atoms with van der Waals surface area (Å²) in [5, 5.41) is 164. The molecule has 132 heavy (non-hydrogen) atoms. The molecule has 0 unspecified atom stereocenters. The second-order valence-corrected chi connectivity index (χ2v) is 17.0. The minimum absolute atomic E-state index is 0. The van der Waals surface area contributed by atoms with Crippen molar-refractivity contribution < 1.29 is 272 Å². The molecule has 0 aromatic carbocycles. The predicted octanol–water partition coefficient (Wildman–Crippen LogP) is 6.25. The van der Waals surface area contributed by atoms with Crippen LogP contribution in [0, 0.1) is 278 Å². The summed E-state index contributed by atoms with van der Waals surface area (Å²) in [6.07, 6.45) is 21.2. The molecule has 2 radical (unpaired) electrons. The monoisotopic (exact) mass is 2840 g/mol. The van der Waals surface area contributed by atoms with Crippen molar-refractivity contribution in [1.82, 2.24) is 59.8 Å². The predicted molar refractivity (Wildman–Crippen MR) is 406 cm³/mol. The molecule has 64 nitrogen and oxygen atoms in total. The summed E-state index contributed by atoms with van der Waals surface area (Å²) in [5.74, 6) is 0. The van der Waals surface area contributed by atoms with Gasteiger partial charge in [0.05, 0.1) is 119 Å². The third-order valence-corrected chi connectivity index (χ3v) is 9.55. The molecule has 0 amide bonds. The molecule has 0 aliphatic carbocycles. The van der Waals surface area contributed by atoms with Crippen LogP contribution < -0.4 is 10.2 Å². The van der Waals surface area contributed by atoms with E-state index >= 15 is 0 Å². The van der Waals surface area contributed by atoms with Gasteiger partial charge in [0.2, 0.25) is 0 Å². The second-order valence-electron chi connectivity index (χ2n) is 17.0. The Kier molecular flexibility index (Phi) is 154. The van der Waals surface area contributed by atoms with Crippen molar-refractivity contribution in [3.05, 3.63) is 446 Å². The van der Waals surface area contributed by atoms with E-state index in [1.54, 1.807) is 74.4 Å². The van der Waals surface area contributed by atoms with E-state index in [4.69, 9.17) is 173 Å². The molecule has 0 fully saturated rings. The van der Waals surface area contributed by atoms with Crippen LogP contribution in [0.2, 0.25) is 0 Å². The van der Waals surface area contributed by atoms with Gasteiger partial charge in [0.1, 0.15) is 0 Å². The van der Waals surface area contributed by atoms with Crippen molar-refractivity contribution in [2.75, 3.05) is 0 Å². The molecule has 0 saturated carbocycles. The molecule has 718 valence electrons. The first-order valence-corrected chi connectivity index (χ1v) is 29.2. The Morgan fingerprint density at radius 3 is 0.235 bits per heavy atom. The molecule has 0 aliphatic rings. The van der Waals surface area contributed by atoms with Crippen LogP contribution in [0.4, 0.5) is 0 Å². The molecule has 0 aliphatic heterocycles. The molecule has 0 N–H and O–H groups in total. The van der Waals surface area contributed by atoms with Crippen LogP contribution in [0.25, 0.3) is 68.3 Å². The number of carboxylic acid groups (broad SMARTS) is 2. The van der Waals surface area contributed by atoms with Gasteiger partial charge in [-0.1, -0.05) is 72.8 Å². The van der Waals surface area contributed by atoms with E-state index in [9.17, 15) is 0 Å². The molecule has 12 aromatic heterocycles. The Hall–Kier alpha value is -14.4. The molecule has 12 rings (SSSR count).